The SMILES string of the molecule is Clc1cccnc1C1CCc2oc(-c3ccccn3)nc2C1. The van der Waals surface area contributed by atoms with Gasteiger partial charge in [0.05, 0.1) is 16.4 Å². The van der Waals surface area contributed by atoms with Gasteiger partial charge in [0.25, 0.3) is 0 Å². The van der Waals surface area contributed by atoms with Crippen molar-refractivity contribution in [3.8, 4) is 11.6 Å². The summed E-state index contributed by atoms with van der Waals surface area (Å²) < 4.78 is 5.88. The predicted molar refractivity (Wildman–Crippen MR) is 83.7 cm³/mol. The molecule has 110 valence electrons. The van der Waals surface area contributed by atoms with Crippen LogP contribution in [-0.2, 0) is 12.8 Å². The van der Waals surface area contributed by atoms with Crippen molar-refractivity contribution in [2.75, 3.05) is 0 Å². The highest BCUT2D eigenvalue weighted by atomic mass is 35.5. The smallest absolute Gasteiger partial charge is 0.245 e. The van der Waals surface area contributed by atoms with Crippen molar-refractivity contribution in [1.82, 2.24) is 15.0 Å². The fraction of sp³-hybridized carbons (Fsp3) is 0.235. The van der Waals surface area contributed by atoms with E-state index in [2.05, 4.69) is 15.0 Å². The van der Waals surface area contributed by atoms with Crippen molar-refractivity contribution in [2.24, 2.45) is 0 Å². The molecule has 3 aromatic heterocycles. The Hall–Kier alpha value is -2.20. The molecule has 0 amide bonds. The number of oxazole rings is 1. The molecule has 22 heavy (non-hydrogen) atoms. The van der Waals surface area contributed by atoms with E-state index in [0.717, 1.165) is 47.1 Å². The van der Waals surface area contributed by atoms with E-state index in [9.17, 15) is 0 Å². The monoisotopic (exact) mass is 311 g/mol. The first kappa shape index (κ1) is 13.5. The van der Waals surface area contributed by atoms with Crippen molar-refractivity contribution in [3.05, 3.63) is 64.9 Å². The number of rotatable bonds is 2. The van der Waals surface area contributed by atoms with Crippen LogP contribution in [0.1, 0.15) is 29.5 Å². The molecule has 5 heteroatoms. The zero-order valence-corrected chi connectivity index (χ0v) is 12.6. The summed E-state index contributed by atoms with van der Waals surface area (Å²) in [6.07, 6.45) is 6.17. The highest BCUT2D eigenvalue weighted by Gasteiger charge is 2.27. The highest BCUT2D eigenvalue weighted by molar-refractivity contribution is 6.31. The van der Waals surface area contributed by atoms with Gasteiger partial charge in [-0.3, -0.25) is 9.97 Å². The molecule has 1 aliphatic carbocycles. The molecule has 4 nitrogen and oxygen atoms in total. The zero-order chi connectivity index (χ0) is 14.9. The van der Waals surface area contributed by atoms with E-state index in [0.29, 0.717) is 11.8 Å². The summed E-state index contributed by atoms with van der Waals surface area (Å²) in [5.74, 6) is 1.85. The molecule has 1 atom stereocenters. The van der Waals surface area contributed by atoms with Crippen molar-refractivity contribution < 1.29 is 4.42 Å². The maximum Gasteiger partial charge on any atom is 0.245 e. The minimum absolute atomic E-state index is 0.294. The predicted octanol–water partition coefficient (Wildman–Crippen LogP) is 4.06. The Kier molecular flexibility index (Phi) is 3.39. The average molecular weight is 312 g/mol. The van der Waals surface area contributed by atoms with E-state index in [4.69, 9.17) is 16.0 Å². The maximum absolute atomic E-state index is 6.27. The Morgan fingerprint density at radius 3 is 2.82 bits per heavy atom. The number of pyridine rings is 2. The molecule has 0 saturated heterocycles. The molecular weight excluding hydrogens is 298 g/mol. The third-order valence-corrected chi connectivity index (χ3v) is 4.32. The molecule has 4 rings (SSSR count). The summed E-state index contributed by atoms with van der Waals surface area (Å²) >= 11 is 6.27. The van der Waals surface area contributed by atoms with E-state index in [-0.39, 0.29) is 0 Å². The van der Waals surface area contributed by atoms with Gasteiger partial charge in [0.2, 0.25) is 5.89 Å². The molecule has 1 unspecified atom stereocenters. The summed E-state index contributed by atoms with van der Waals surface area (Å²) in [5.41, 5.74) is 2.72. The van der Waals surface area contributed by atoms with Crippen molar-refractivity contribution in [2.45, 2.75) is 25.2 Å². The number of halogens is 1. The van der Waals surface area contributed by atoms with Gasteiger partial charge in [-0.25, -0.2) is 4.98 Å². The molecule has 1 aliphatic rings. The fourth-order valence-electron chi connectivity index (χ4n) is 2.91. The second-order valence-corrected chi connectivity index (χ2v) is 5.82. The van der Waals surface area contributed by atoms with E-state index >= 15 is 0 Å². The molecule has 3 heterocycles. The number of aryl methyl sites for hydroxylation is 1. The van der Waals surface area contributed by atoms with E-state index in [1.54, 1.807) is 12.4 Å². The van der Waals surface area contributed by atoms with E-state index in [1.807, 2.05) is 30.3 Å². The number of hydrogen-bond donors (Lipinski definition) is 0. The molecular formula is C17H14ClN3O. The van der Waals surface area contributed by atoms with Crippen LogP contribution in [0.15, 0.2) is 47.1 Å². The number of fused-ring (bicyclic) bond motifs is 1. The lowest BCUT2D eigenvalue weighted by Crippen LogP contribution is -2.13. The average Bonchev–Trinajstić information content (AvgIpc) is 2.99. The molecule has 0 N–H and O–H groups in total. The van der Waals surface area contributed by atoms with E-state index in [1.165, 1.54) is 0 Å². The topological polar surface area (TPSA) is 51.8 Å². The van der Waals surface area contributed by atoms with Crippen LogP contribution in [0.25, 0.3) is 11.6 Å². The number of aromatic nitrogens is 3. The summed E-state index contributed by atoms with van der Waals surface area (Å²) in [4.78, 5) is 13.4. The van der Waals surface area contributed by atoms with E-state index < -0.39 is 0 Å². The Morgan fingerprint density at radius 2 is 2.00 bits per heavy atom. The second-order valence-electron chi connectivity index (χ2n) is 5.41. The lowest BCUT2D eigenvalue weighted by molar-refractivity contribution is 0.460. The first-order valence-corrected chi connectivity index (χ1v) is 7.69. The van der Waals surface area contributed by atoms with Gasteiger partial charge in [-0.15, -0.1) is 0 Å². The van der Waals surface area contributed by atoms with Crippen LogP contribution in [0.5, 0.6) is 0 Å². The Bertz CT molecular complexity index is 801. The van der Waals surface area contributed by atoms with Crippen molar-refractivity contribution in [1.29, 1.82) is 0 Å². The first-order chi connectivity index (χ1) is 10.8. The van der Waals surface area contributed by atoms with Gasteiger partial charge in [0.15, 0.2) is 0 Å². The van der Waals surface area contributed by atoms with Crippen molar-refractivity contribution >= 4 is 11.6 Å². The van der Waals surface area contributed by atoms with Gasteiger partial charge in [-0.05, 0) is 30.7 Å². The van der Waals surface area contributed by atoms with Crippen LogP contribution >= 0.6 is 11.6 Å². The Morgan fingerprint density at radius 1 is 1.09 bits per heavy atom. The highest BCUT2D eigenvalue weighted by Crippen LogP contribution is 2.35. The largest absolute Gasteiger partial charge is 0.440 e. The maximum atomic E-state index is 6.27. The molecule has 0 radical (unpaired) electrons. The van der Waals surface area contributed by atoms with Crippen LogP contribution < -0.4 is 0 Å². The van der Waals surface area contributed by atoms with Gasteiger partial charge in [0.1, 0.15) is 11.5 Å². The summed E-state index contributed by atoms with van der Waals surface area (Å²) in [6, 6.07) is 9.47. The quantitative estimate of drug-likeness (QED) is 0.716. The summed E-state index contributed by atoms with van der Waals surface area (Å²) in [5, 5.41) is 0.726. The second kappa shape index (κ2) is 5.54. The third kappa shape index (κ3) is 2.40. The summed E-state index contributed by atoms with van der Waals surface area (Å²) in [6.45, 7) is 0. The van der Waals surface area contributed by atoms with Crippen LogP contribution in [0, 0.1) is 0 Å². The zero-order valence-electron chi connectivity index (χ0n) is 11.9. The normalized spacial score (nSPS) is 17.2. The van der Waals surface area contributed by atoms with Crippen LogP contribution in [0.4, 0.5) is 0 Å². The first-order valence-electron chi connectivity index (χ1n) is 7.31. The van der Waals surface area contributed by atoms with Gasteiger partial charge in [-0.2, -0.15) is 0 Å². The molecule has 0 spiro atoms. The number of hydrogen-bond acceptors (Lipinski definition) is 4. The van der Waals surface area contributed by atoms with Crippen LogP contribution in [0.3, 0.4) is 0 Å². The standard InChI is InChI=1S/C17H14ClN3O/c18-12-4-3-9-20-16(12)11-6-7-15-14(10-11)21-17(22-15)13-5-1-2-8-19-13/h1-5,8-9,11H,6-7,10H2. The van der Waals surface area contributed by atoms with Crippen molar-refractivity contribution in [3.63, 3.8) is 0 Å². The van der Waals surface area contributed by atoms with Crippen LogP contribution in [0.2, 0.25) is 5.02 Å². The van der Waals surface area contributed by atoms with Gasteiger partial charge in [0, 0.05) is 31.2 Å². The molecule has 3 aromatic rings. The Balaban J connectivity index is 1.64. The van der Waals surface area contributed by atoms with Crippen LogP contribution in [-0.4, -0.2) is 15.0 Å². The van der Waals surface area contributed by atoms with Gasteiger partial charge < -0.3 is 4.42 Å². The minimum atomic E-state index is 0.294. The molecule has 0 aromatic carbocycles. The van der Waals surface area contributed by atoms with Gasteiger partial charge >= 0.3 is 0 Å². The molecule has 0 saturated carbocycles. The minimum Gasteiger partial charge on any atom is -0.440 e. The lowest BCUT2D eigenvalue weighted by Gasteiger charge is -2.20. The lowest BCUT2D eigenvalue weighted by atomic mass is 9.87. The molecule has 0 fully saturated rings. The molecule has 0 aliphatic heterocycles. The third-order valence-electron chi connectivity index (χ3n) is 4.00. The summed E-state index contributed by atoms with van der Waals surface area (Å²) in [7, 11) is 0. The fourth-order valence-corrected chi connectivity index (χ4v) is 3.19. The van der Waals surface area contributed by atoms with Gasteiger partial charge in [-0.1, -0.05) is 17.7 Å². The Labute approximate surface area is 133 Å². The molecule has 0 bridgehead atoms. The number of nitrogens with zero attached hydrogens (tertiary/aromatic N) is 3.